The van der Waals surface area contributed by atoms with Crippen LogP contribution in [0, 0.1) is 5.82 Å². The average molecular weight is 195 g/mol. The molecule has 3 heteroatoms. The summed E-state index contributed by atoms with van der Waals surface area (Å²) >= 11 is 0. The third-order valence-electron chi connectivity index (χ3n) is 2.80. The smallest absolute Gasteiger partial charge is 0.126 e. The molecule has 0 spiro atoms. The quantitative estimate of drug-likeness (QED) is 0.786. The highest BCUT2D eigenvalue weighted by molar-refractivity contribution is 5.21. The number of hydrogen-bond donors (Lipinski definition) is 1. The minimum absolute atomic E-state index is 0.143. The van der Waals surface area contributed by atoms with E-state index in [0.717, 1.165) is 18.7 Å². The highest BCUT2D eigenvalue weighted by Gasteiger charge is 2.37. The molecule has 0 unspecified atom stereocenters. The second-order valence-corrected chi connectivity index (χ2v) is 3.76. The first-order valence-electron chi connectivity index (χ1n) is 4.75. The third-order valence-corrected chi connectivity index (χ3v) is 2.80. The Labute approximate surface area is 83.1 Å². The molecular weight excluding hydrogens is 181 g/mol. The van der Waals surface area contributed by atoms with Crippen LogP contribution in [0.2, 0.25) is 0 Å². The van der Waals surface area contributed by atoms with Crippen molar-refractivity contribution in [1.29, 1.82) is 0 Å². The van der Waals surface area contributed by atoms with E-state index in [4.69, 9.17) is 4.74 Å². The highest BCUT2D eigenvalue weighted by Crippen LogP contribution is 2.22. The van der Waals surface area contributed by atoms with Crippen LogP contribution in [0.1, 0.15) is 5.56 Å². The summed E-state index contributed by atoms with van der Waals surface area (Å²) < 4.78 is 18.7. The molecule has 1 aliphatic heterocycles. The molecule has 0 radical (unpaired) electrons. The van der Waals surface area contributed by atoms with Gasteiger partial charge < -0.3 is 10.1 Å². The fraction of sp³-hybridized carbons (Fsp3) is 0.455. The zero-order valence-electron chi connectivity index (χ0n) is 8.22. The van der Waals surface area contributed by atoms with Gasteiger partial charge in [-0.15, -0.1) is 0 Å². The topological polar surface area (TPSA) is 21.3 Å². The van der Waals surface area contributed by atoms with Crippen molar-refractivity contribution >= 4 is 0 Å². The molecule has 1 aromatic carbocycles. The minimum atomic E-state index is -0.192. The van der Waals surface area contributed by atoms with E-state index in [-0.39, 0.29) is 11.4 Å². The predicted molar refractivity (Wildman–Crippen MR) is 52.7 cm³/mol. The summed E-state index contributed by atoms with van der Waals surface area (Å²) in [5, 5.41) is 3.15. The van der Waals surface area contributed by atoms with E-state index in [1.54, 1.807) is 13.2 Å². The molecule has 1 N–H and O–H groups in total. The van der Waals surface area contributed by atoms with Crippen LogP contribution in [0.15, 0.2) is 24.3 Å². The Morgan fingerprint density at radius 1 is 1.43 bits per heavy atom. The van der Waals surface area contributed by atoms with Crippen molar-refractivity contribution in [3.63, 3.8) is 0 Å². The van der Waals surface area contributed by atoms with Crippen molar-refractivity contribution in [2.75, 3.05) is 20.2 Å². The first-order chi connectivity index (χ1) is 6.76. The van der Waals surface area contributed by atoms with Gasteiger partial charge >= 0.3 is 0 Å². The molecule has 1 heterocycles. The second kappa shape index (κ2) is 3.67. The fourth-order valence-corrected chi connectivity index (χ4v) is 1.73. The Hall–Kier alpha value is -0.930. The maximum absolute atomic E-state index is 13.3. The number of hydrogen-bond acceptors (Lipinski definition) is 2. The molecular formula is C11H14FNO. The Balaban J connectivity index is 2.13. The van der Waals surface area contributed by atoms with E-state index in [1.807, 2.05) is 12.1 Å². The lowest BCUT2D eigenvalue weighted by Gasteiger charge is -2.41. The number of ether oxygens (including phenoxy) is 1. The molecule has 0 saturated carbocycles. The Bertz CT molecular complexity index is 317. The maximum atomic E-state index is 13.3. The molecule has 2 rings (SSSR count). The molecule has 1 fully saturated rings. The number of rotatable bonds is 3. The Morgan fingerprint density at radius 3 is 2.64 bits per heavy atom. The molecule has 0 aliphatic carbocycles. The number of methoxy groups -OCH3 is 1. The van der Waals surface area contributed by atoms with Gasteiger partial charge in [-0.1, -0.05) is 18.2 Å². The summed E-state index contributed by atoms with van der Waals surface area (Å²) in [6.07, 6.45) is 0.642. The van der Waals surface area contributed by atoms with Crippen molar-refractivity contribution < 1.29 is 9.13 Å². The van der Waals surface area contributed by atoms with Gasteiger partial charge in [-0.2, -0.15) is 0 Å². The molecule has 2 nitrogen and oxygen atoms in total. The summed E-state index contributed by atoms with van der Waals surface area (Å²) in [7, 11) is 1.68. The van der Waals surface area contributed by atoms with Gasteiger partial charge in [0.2, 0.25) is 0 Å². The standard InChI is InChI=1S/C11H14FNO/c1-14-11(7-13-8-11)6-9-4-2-3-5-10(9)12/h2-5,13H,6-8H2,1H3. The van der Waals surface area contributed by atoms with Gasteiger partial charge in [-0.3, -0.25) is 0 Å². The normalized spacial score (nSPS) is 19.0. The van der Waals surface area contributed by atoms with E-state index in [2.05, 4.69) is 5.32 Å². The second-order valence-electron chi connectivity index (χ2n) is 3.76. The lowest BCUT2D eigenvalue weighted by Crippen LogP contribution is -2.61. The average Bonchev–Trinajstić information content (AvgIpc) is 2.14. The summed E-state index contributed by atoms with van der Waals surface area (Å²) in [6, 6.07) is 6.87. The van der Waals surface area contributed by atoms with Crippen LogP contribution in [0.3, 0.4) is 0 Å². The minimum Gasteiger partial charge on any atom is -0.375 e. The monoisotopic (exact) mass is 195 g/mol. The van der Waals surface area contributed by atoms with Gasteiger partial charge in [0.15, 0.2) is 0 Å². The number of halogens is 1. The van der Waals surface area contributed by atoms with Gasteiger partial charge in [0.25, 0.3) is 0 Å². The van der Waals surface area contributed by atoms with Crippen molar-refractivity contribution in [2.45, 2.75) is 12.0 Å². The van der Waals surface area contributed by atoms with Gasteiger partial charge in [0.1, 0.15) is 5.82 Å². The van der Waals surface area contributed by atoms with Crippen molar-refractivity contribution in [2.24, 2.45) is 0 Å². The van der Waals surface area contributed by atoms with E-state index in [9.17, 15) is 4.39 Å². The van der Waals surface area contributed by atoms with Gasteiger partial charge in [-0.25, -0.2) is 4.39 Å². The van der Waals surface area contributed by atoms with Crippen LogP contribution in [-0.4, -0.2) is 25.8 Å². The van der Waals surface area contributed by atoms with E-state index in [0.29, 0.717) is 6.42 Å². The molecule has 76 valence electrons. The van der Waals surface area contributed by atoms with Crippen LogP contribution < -0.4 is 5.32 Å². The molecule has 0 amide bonds. The maximum Gasteiger partial charge on any atom is 0.126 e. The number of nitrogens with one attached hydrogen (secondary N) is 1. The van der Waals surface area contributed by atoms with Crippen molar-refractivity contribution in [1.82, 2.24) is 5.32 Å². The van der Waals surface area contributed by atoms with Crippen molar-refractivity contribution in [3.8, 4) is 0 Å². The van der Waals surface area contributed by atoms with E-state index < -0.39 is 0 Å². The predicted octanol–water partition coefficient (Wildman–Crippen LogP) is 1.36. The first-order valence-corrected chi connectivity index (χ1v) is 4.75. The Morgan fingerprint density at radius 2 is 2.14 bits per heavy atom. The number of benzene rings is 1. The summed E-state index contributed by atoms with van der Waals surface area (Å²) in [6.45, 7) is 1.61. The summed E-state index contributed by atoms with van der Waals surface area (Å²) in [4.78, 5) is 0. The van der Waals surface area contributed by atoms with Crippen LogP contribution in [0.25, 0.3) is 0 Å². The van der Waals surface area contributed by atoms with Gasteiger partial charge in [0.05, 0.1) is 5.60 Å². The fourth-order valence-electron chi connectivity index (χ4n) is 1.73. The lowest BCUT2D eigenvalue weighted by atomic mass is 9.88. The molecule has 14 heavy (non-hydrogen) atoms. The van der Waals surface area contributed by atoms with E-state index in [1.165, 1.54) is 6.07 Å². The first kappa shape index (κ1) is 9.62. The van der Waals surface area contributed by atoms with Crippen LogP contribution in [0.4, 0.5) is 4.39 Å². The van der Waals surface area contributed by atoms with Gasteiger partial charge in [0, 0.05) is 26.6 Å². The highest BCUT2D eigenvalue weighted by atomic mass is 19.1. The van der Waals surface area contributed by atoms with Crippen LogP contribution in [0.5, 0.6) is 0 Å². The SMILES string of the molecule is COC1(Cc2ccccc2F)CNC1. The molecule has 0 bridgehead atoms. The molecule has 1 saturated heterocycles. The lowest BCUT2D eigenvalue weighted by molar-refractivity contribution is -0.0507. The largest absolute Gasteiger partial charge is 0.375 e. The summed E-state index contributed by atoms with van der Waals surface area (Å²) in [5.74, 6) is -0.143. The van der Waals surface area contributed by atoms with Crippen LogP contribution in [-0.2, 0) is 11.2 Å². The zero-order chi connectivity index (χ0) is 10.0. The molecule has 1 aromatic rings. The summed E-state index contributed by atoms with van der Waals surface area (Å²) in [5.41, 5.74) is 0.540. The van der Waals surface area contributed by atoms with E-state index >= 15 is 0 Å². The van der Waals surface area contributed by atoms with Gasteiger partial charge in [-0.05, 0) is 11.6 Å². The molecule has 0 atom stereocenters. The van der Waals surface area contributed by atoms with Crippen LogP contribution >= 0.6 is 0 Å². The third kappa shape index (κ3) is 1.65. The molecule has 1 aliphatic rings. The zero-order valence-corrected chi connectivity index (χ0v) is 8.22. The van der Waals surface area contributed by atoms with Crippen molar-refractivity contribution in [3.05, 3.63) is 35.6 Å². The Kier molecular flexibility index (Phi) is 2.52. The molecule has 0 aromatic heterocycles.